The van der Waals surface area contributed by atoms with Gasteiger partial charge in [-0.3, -0.25) is 4.90 Å². The predicted molar refractivity (Wildman–Crippen MR) is 41.7 cm³/mol. The molecule has 1 aliphatic rings. The molecule has 0 unspecified atom stereocenters. The Kier molecular flexibility index (Phi) is 2.69. The van der Waals surface area contributed by atoms with Gasteiger partial charge in [0.1, 0.15) is 6.23 Å². The normalized spacial score (nSPS) is 29.4. The molecule has 0 saturated carbocycles. The maximum Gasteiger partial charge on any atom is 0.107 e. The van der Waals surface area contributed by atoms with Crippen LogP contribution in [0.4, 0.5) is 0 Å². The minimum Gasteiger partial charge on any atom is -0.378 e. The highest BCUT2D eigenvalue weighted by Gasteiger charge is 2.21. The van der Waals surface area contributed by atoms with Crippen LogP contribution in [0, 0.1) is 0 Å². The van der Waals surface area contributed by atoms with Crippen molar-refractivity contribution in [2.24, 2.45) is 0 Å². The Balaban J connectivity index is 2.40. The summed E-state index contributed by atoms with van der Waals surface area (Å²) in [6.07, 6.45) is 3.21. The molecule has 1 saturated heterocycles. The molecule has 1 rings (SSSR count). The Morgan fingerprint density at radius 3 is 2.50 bits per heavy atom. The molecule has 1 heterocycles. The summed E-state index contributed by atoms with van der Waals surface area (Å²) < 4.78 is 0. The van der Waals surface area contributed by atoms with Crippen molar-refractivity contribution in [3.63, 3.8) is 0 Å². The summed E-state index contributed by atoms with van der Waals surface area (Å²) in [6, 6.07) is 0.496. The summed E-state index contributed by atoms with van der Waals surface area (Å²) in [7, 11) is 0. The maximum absolute atomic E-state index is 9.47. The van der Waals surface area contributed by atoms with E-state index < -0.39 is 0 Å². The standard InChI is InChI=1S/C8H17NO/c1-7(2)9-6-4-3-5-8(9)10/h7-8,10H,3-6H2,1-2H3/t8-/m1/s1. The van der Waals surface area contributed by atoms with Crippen LogP contribution in [0.25, 0.3) is 0 Å². The van der Waals surface area contributed by atoms with Gasteiger partial charge in [-0.05, 0) is 33.1 Å². The first-order valence-electron chi connectivity index (χ1n) is 4.15. The Bertz CT molecular complexity index is 103. The number of nitrogens with zero attached hydrogens (tertiary/aromatic N) is 1. The summed E-state index contributed by atoms with van der Waals surface area (Å²) in [5.41, 5.74) is 0. The fraction of sp³-hybridized carbons (Fsp3) is 1.00. The number of rotatable bonds is 1. The van der Waals surface area contributed by atoms with E-state index in [4.69, 9.17) is 0 Å². The number of piperidine rings is 1. The zero-order valence-electron chi connectivity index (χ0n) is 6.88. The van der Waals surface area contributed by atoms with Crippen molar-refractivity contribution in [1.29, 1.82) is 0 Å². The number of likely N-dealkylation sites (tertiary alicyclic amines) is 1. The molecule has 0 spiro atoms. The second-order valence-electron chi connectivity index (χ2n) is 3.31. The second-order valence-corrected chi connectivity index (χ2v) is 3.31. The molecule has 0 aromatic rings. The van der Waals surface area contributed by atoms with E-state index in [9.17, 15) is 5.11 Å². The zero-order valence-corrected chi connectivity index (χ0v) is 6.88. The monoisotopic (exact) mass is 143 g/mol. The van der Waals surface area contributed by atoms with E-state index in [1.54, 1.807) is 0 Å². The summed E-state index contributed by atoms with van der Waals surface area (Å²) in [5.74, 6) is 0. The fourth-order valence-corrected chi connectivity index (χ4v) is 1.54. The van der Waals surface area contributed by atoms with Gasteiger partial charge in [-0.15, -0.1) is 0 Å². The number of aliphatic hydroxyl groups is 1. The highest BCUT2D eigenvalue weighted by molar-refractivity contribution is 4.71. The SMILES string of the molecule is CC(C)N1CCCC[C@H]1O. The van der Waals surface area contributed by atoms with Crippen molar-refractivity contribution in [3.8, 4) is 0 Å². The van der Waals surface area contributed by atoms with Crippen molar-refractivity contribution in [2.45, 2.75) is 45.4 Å². The van der Waals surface area contributed by atoms with Gasteiger partial charge in [-0.1, -0.05) is 0 Å². The molecule has 2 heteroatoms. The van der Waals surface area contributed by atoms with Crippen LogP contribution in [0.5, 0.6) is 0 Å². The predicted octanol–water partition coefficient (Wildman–Crippen LogP) is 1.20. The van der Waals surface area contributed by atoms with Gasteiger partial charge in [0.05, 0.1) is 0 Å². The van der Waals surface area contributed by atoms with Gasteiger partial charge in [-0.2, -0.15) is 0 Å². The Labute approximate surface area is 62.8 Å². The van der Waals surface area contributed by atoms with Crippen LogP contribution < -0.4 is 0 Å². The molecule has 0 bridgehead atoms. The number of hydrogen-bond acceptors (Lipinski definition) is 2. The van der Waals surface area contributed by atoms with Crippen molar-refractivity contribution >= 4 is 0 Å². The lowest BCUT2D eigenvalue weighted by Gasteiger charge is -2.34. The molecule has 1 atom stereocenters. The van der Waals surface area contributed by atoms with Crippen LogP contribution in [0.1, 0.15) is 33.1 Å². The van der Waals surface area contributed by atoms with Gasteiger partial charge in [0.2, 0.25) is 0 Å². The molecular weight excluding hydrogens is 126 g/mol. The van der Waals surface area contributed by atoms with Crippen molar-refractivity contribution in [1.82, 2.24) is 4.90 Å². The van der Waals surface area contributed by atoms with Crippen molar-refractivity contribution in [2.75, 3.05) is 6.54 Å². The first-order chi connectivity index (χ1) is 4.72. The van der Waals surface area contributed by atoms with Crippen molar-refractivity contribution in [3.05, 3.63) is 0 Å². The topological polar surface area (TPSA) is 23.5 Å². The molecular formula is C8H17NO. The minimum absolute atomic E-state index is 0.172. The lowest BCUT2D eigenvalue weighted by molar-refractivity contribution is -0.0419. The Hall–Kier alpha value is -0.0800. The Morgan fingerprint density at radius 1 is 1.40 bits per heavy atom. The van der Waals surface area contributed by atoms with Gasteiger partial charge in [0, 0.05) is 12.6 Å². The molecule has 0 aliphatic carbocycles. The lowest BCUT2D eigenvalue weighted by Crippen LogP contribution is -2.43. The molecule has 60 valence electrons. The first kappa shape index (κ1) is 8.02. The van der Waals surface area contributed by atoms with E-state index in [2.05, 4.69) is 18.7 Å². The lowest BCUT2D eigenvalue weighted by atomic mass is 10.1. The number of hydrogen-bond donors (Lipinski definition) is 1. The van der Waals surface area contributed by atoms with E-state index in [1.165, 1.54) is 12.8 Å². The molecule has 0 aromatic heterocycles. The van der Waals surface area contributed by atoms with Crippen LogP contribution >= 0.6 is 0 Å². The quantitative estimate of drug-likeness (QED) is 0.596. The fourth-order valence-electron chi connectivity index (χ4n) is 1.54. The molecule has 0 amide bonds. The highest BCUT2D eigenvalue weighted by atomic mass is 16.3. The van der Waals surface area contributed by atoms with Gasteiger partial charge in [0.25, 0.3) is 0 Å². The van der Waals surface area contributed by atoms with E-state index in [-0.39, 0.29) is 6.23 Å². The number of aliphatic hydroxyl groups excluding tert-OH is 1. The zero-order chi connectivity index (χ0) is 7.56. The van der Waals surface area contributed by atoms with E-state index in [0.717, 1.165) is 13.0 Å². The third-order valence-electron chi connectivity index (χ3n) is 2.17. The van der Waals surface area contributed by atoms with E-state index in [1.807, 2.05) is 0 Å². The molecule has 1 fully saturated rings. The smallest absolute Gasteiger partial charge is 0.107 e. The third-order valence-corrected chi connectivity index (χ3v) is 2.17. The second kappa shape index (κ2) is 3.35. The third kappa shape index (κ3) is 1.70. The molecule has 1 aliphatic heterocycles. The summed E-state index contributed by atoms with van der Waals surface area (Å²) in [4.78, 5) is 2.16. The molecule has 0 aromatic carbocycles. The first-order valence-corrected chi connectivity index (χ1v) is 4.15. The minimum atomic E-state index is -0.172. The maximum atomic E-state index is 9.47. The van der Waals surface area contributed by atoms with Crippen LogP contribution in [0.3, 0.4) is 0 Å². The van der Waals surface area contributed by atoms with Crippen LogP contribution in [-0.4, -0.2) is 28.8 Å². The molecule has 10 heavy (non-hydrogen) atoms. The van der Waals surface area contributed by atoms with Gasteiger partial charge in [-0.25, -0.2) is 0 Å². The summed E-state index contributed by atoms with van der Waals surface area (Å²) in [5, 5.41) is 9.47. The highest BCUT2D eigenvalue weighted by Crippen LogP contribution is 2.16. The molecule has 1 N–H and O–H groups in total. The Morgan fingerprint density at radius 2 is 2.10 bits per heavy atom. The van der Waals surface area contributed by atoms with E-state index in [0.29, 0.717) is 6.04 Å². The van der Waals surface area contributed by atoms with E-state index >= 15 is 0 Å². The molecule has 0 radical (unpaired) electrons. The van der Waals surface area contributed by atoms with Gasteiger partial charge in [0.15, 0.2) is 0 Å². The van der Waals surface area contributed by atoms with Crippen LogP contribution in [-0.2, 0) is 0 Å². The summed E-state index contributed by atoms with van der Waals surface area (Å²) >= 11 is 0. The van der Waals surface area contributed by atoms with Crippen LogP contribution in [0.15, 0.2) is 0 Å². The molecule has 2 nitrogen and oxygen atoms in total. The van der Waals surface area contributed by atoms with Gasteiger partial charge < -0.3 is 5.11 Å². The average Bonchev–Trinajstić information content (AvgIpc) is 1.88. The average molecular weight is 143 g/mol. The van der Waals surface area contributed by atoms with Crippen LogP contribution in [0.2, 0.25) is 0 Å². The van der Waals surface area contributed by atoms with Gasteiger partial charge >= 0.3 is 0 Å². The largest absolute Gasteiger partial charge is 0.378 e. The summed E-state index contributed by atoms with van der Waals surface area (Å²) in [6.45, 7) is 5.34. The van der Waals surface area contributed by atoms with Crippen molar-refractivity contribution < 1.29 is 5.11 Å².